The molecule has 3 saturated carbocycles. The van der Waals surface area contributed by atoms with Crippen LogP contribution in [0.5, 0.6) is 0 Å². The van der Waals surface area contributed by atoms with Gasteiger partial charge in [0, 0.05) is 12.5 Å². The fraction of sp³-hybridized carbons (Fsp3) is 0.844. The molecule has 48 heavy (non-hydrogen) atoms. The molecule has 274 valence electrons. The summed E-state index contributed by atoms with van der Waals surface area (Å²) in [5, 5.41) is 10.3. The lowest BCUT2D eigenvalue weighted by atomic mass is 9.47. The summed E-state index contributed by atoms with van der Waals surface area (Å²) in [5.74, 6) is 4.91. The molecule has 4 rings (SSSR count). The first-order valence-electron chi connectivity index (χ1n) is 21.0. The lowest BCUT2D eigenvalue weighted by molar-refractivity contribution is -0.145. The molecule has 4 aliphatic rings. The quantitative estimate of drug-likeness (QED) is 0.0463. The van der Waals surface area contributed by atoms with Crippen LogP contribution in [0.15, 0.2) is 36.0 Å². The Labute approximate surface area is 297 Å². The van der Waals surface area contributed by atoms with Gasteiger partial charge in [-0.15, -0.1) is 0 Å². The minimum Gasteiger partial charge on any atom is -0.459 e. The van der Waals surface area contributed by atoms with Gasteiger partial charge in [-0.25, -0.2) is 4.79 Å². The van der Waals surface area contributed by atoms with Gasteiger partial charge in [-0.1, -0.05) is 136 Å². The normalized spacial score (nSPS) is 33.0. The van der Waals surface area contributed by atoms with Gasteiger partial charge in [-0.2, -0.15) is 0 Å². The van der Waals surface area contributed by atoms with Crippen LogP contribution in [0, 0.1) is 46.3 Å². The van der Waals surface area contributed by atoms with Crippen LogP contribution < -0.4 is 0 Å². The Balaban J connectivity index is 1.16. The Morgan fingerprint density at radius 1 is 0.875 bits per heavy atom. The number of allylic oxidation sites excluding steroid dienone is 4. The maximum Gasteiger partial charge on any atom is 0.331 e. The molecule has 3 heteroatoms. The average Bonchev–Trinajstić information content (AvgIpc) is 3.41. The molecule has 0 aromatic heterocycles. The van der Waals surface area contributed by atoms with E-state index in [1.54, 1.807) is 11.6 Å². The summed E-state index contributed by atoms with van der Waals surface area (Å²) in [4.78, 5) is 12.7. The molecule has 4 aliphatic carbocycles. The van der Waals surface area contributed by atoms with Crippen molar-refractivity contribution in [2.24, 2.45) is 46.3 Å². The van der Waals surface area contributed by atoms with Crippen LogP contribution in [0.4, 0.5) is 0 Å². The topological polar surface area (TPSA) is 46.5 Å². The summed E-state index contributed by atoms with van der Waals surface area (Å²) < 4.78 is 5.99. The summed E-state index contributed by atoms with van der Waals surface area (Å²) in [5.41, 5.74) is 2.40. The SMILES string of the molecule is CCCCCCCCCC(O)CCCC=CC=CC(=O)OC1CC[C@@]2(C)C(=CCC3C2CC[C@@]2(C)C3CC[C@@H]2[C@H](C)CCCC(C)C)C1. The number of ether oxygens (including phenoxy) is 1. The van der Waals surface area contributed by atoms with E-state index in [0.29, 0.717) is 5.41 Å². The molecule has 0 amide bonds. The van der Waals surface area contributed by atoms with Crippen molar-refractivity contribution in [2.75, 3.05) is 0 Å². The maximum atomic E-state index is 12.7. The summed E-state index contributed by atoms with van der Waals surface area (Å²) in [6.45, 7) is 14.8. The Morgan fingerprint density at radius 2 is 1.62 bits per heavy atom. The van der Waals surface area contributed by atoms with Crippen molar-refractivity contribution in [3.63, 3.8) is 0 Å². The van der Waals surface area contributed by atoms with E-state index in [1.807, 2.05) is 12.2 Å². The number of hydrogen-bond acceptors (Lipinski definition) is 3. The highest BCUT2D eigenvalue weighted by Gasteiger charge is 2.59. The number of carbonyl (C=O) groups is 1. The number of unbranched alkanes of at least 4 members (excludes halogenated alkanes) is 7. The Kier molecular flexibility index (Phi) is 15.9. The van der Waals surface area contributed by atoms with Gasteiger partial charge in [0.25, 0.3) is 0 Å². The third-order valence-electron chi connectivity index (χ3n) is 14.1. The summed E-state index contributed by atoms with van der Waals surface area (Å²) in [7, 11) is 0. The maximum absolute atomic E-state index is 12.7. The van der Waals surface area contributed by atoms with Gasteiger partial charge < -0.3 is 9.84 Å². The largest absolute Gasteiger partial charge is 0.459 e. The number of carbonyl (C=O) groups excluding carboxylic acids is 1. The van der Waals surface area contributed by atoms with Gasteiger partial charge in [-0.05, 0) is 117 Å². The number of aliphatic hydroxyl groups excluding tert-OH is 1. The van der Waals surface area contributed by atoms with E-state index in [0.717, 1.165) is 86.9 Å². The molecule has 0 aromatic carbocycles. The monoisotopic (exact) mass is 665 g/mol. The number of fused-ring (bicyclic) bond motifs is 5. The molecule has 9 atom stereocenters. The highest BCUT2D eigenvalue weighted by molar-refractivity contribution is 5.82. The molecule has 3 fully saturated rings. The summed E-state index contributed by atoms with van der Waals surface area (Å²) >= 11 is 0. The van der Waals surface area contributed by atoms with Crippen molar-refractivity contribution in [1.82, 2.24) is 0 Å². The lowest BCUT2D eigenvalue weighted by Gasteiger charge is -2.58. The van der Waals surface area contributed by atoms with Gasteiger partial charge in [-0.3, -0.25) is 0 Å². The molecule has 0 bridgehead atoms. The zero-order valence-corrected chi connectivity index (χ0v) is 32.3. The number of esters is 1. The van der Waals surface area contributed by atoms with Crippen molar-refractivity contribution in [1.29, 1.82) is 0 Å². The van der Waals surface area contributed by atoms with Crippen LogP contribution in [-0.2, 0) is 9.53 Å². The second kappa shape index (κ2) is 19.3. The fourth-order valence-electron chi connectivity index (χ4n) is 11.2. The van der Waals surface area contributed by atoms with Gasteiger partial charge in [0.05, 0.1) is 6.10 Å². The van der Waals surface area contributed by atoms with E-state index < -0.39 is 0 Å². The van der Waals surface area contributed by atoms with Crippen molar-refractivity contribution in [2.45, 2.75) is 195 Å². The molecule has 1 N–H and O–H groups in total. The Hall–Kier alpha value is -1.35. The smallest absolute Gasteiger partial charge is 0.331 e. The Morgan fingerprint density at radius 3 is 2.40 bits per heavy atom. The van der Waals surface area contributed by atoms with Gasteiger partial charge in [0.15, 0.2) is 0 Å². The second-order valence-corrected chi connectivity index (χ2v) is 17.9. The predicted octanol–water partition coefficient (Wildman–Crippen LogP) is 12.7. The second-order valence-electron chi connectivity index (χ2n) is 17.9. The van der Waals surface area contributed by atoms with E-state index in [2.05, 4.69) is 53.7 Å². The standard InChI is InChI=1S/C45H76O3/c1-7-8-9-10-11-13-16-22-37(46)23-17-14-12-15-18-24-43(47)48-38-29-31-44(5)36(33-38)25-26-39-41-28-27-40(35(4)21-19-20-34(2)3)45(41,6)32-30-42(39)44/h12,15,18,24-25,34-35,37-42,46H,7-11,13-14,16-17,19-23,26-33H2,1-6H3/t35-,37?,38?,39?,40-,41?,42?,44+,45-/m1/s1. The number of hydrogen-bond donors (Lipinski definition) is 1. The van der Waals surface area contributed by atoms with E-state index in [9.17, 15) is 9.90 Å². The van der Waals surface area contributed by atoms with Crippen LogP contribution in [0.3, 0.4) is 0 Å². The van der Waals surface area contributed by atoms with E-state index in [1.165, 1.54) is 89.9 Å². The first kappa shape index (κ1) is 39.4. The van der Waals surface area contributed by atoms with Crippen LogP contribution in [0.2, 0.25) is 0 Å². The predicted molar refractivity (Wildman–Crippen MR) is 204 cm³/mol. The van der Waals surface area contributed by atoms with Crippen LogP contribution >= 0.6 is 0 Å². The van der Waals surface area contributed by atoms with Gasteiger partial charge in [0.1, 0.15) is 6.10 Å². The van der Waals surface area contributed by atoms with E-state index >= 15 is 0 Å². The molecule has 0 saturated heterocycles. The zero-order chi connectivity index (χ0) is 34.6. The van der Waals surface area contributed by atoms with Gasteiger partial charge in [0.2, 0.25) is 0 Å². The third-order valence-corrected chi connectivity index (χ3v) is 14.1. The minimum atomic E-state index is -0.208. The van der Waals surface area contributed by atoms with Crippen molar-refractivity contribution in [3.05, 3.63) is 36.0 Å². The molecule has 0 heterocycles. The molecular formula is C45H76O3. The highest BCUT2D eigenvalue weighted by atomic mass is 16.5. The van der Waals surface area contributed by atoms with Crippen LogP contribution in [0.25, 0.3) is 0 Å². The van der Waals surface area contributed by atoms with E-state index in [-0.39, 0.29) is 23.6 Å². The molecule has 0 aliphatic heterocycles. The Bertz CT molecular complexity index is 1050. The lowest BCUT2D eigenvalue weighted by Crippen LogP contribution is -2.51. The zero-order valence-electron chi connectivity index (χ0n) is 32.3. The molecular weight excluding hydrogens is 588 g/mol. The van der Waals surface area contributed by atoms with Gasteiger partial charge >= 0.3 is 5.97 Å². The average molecular weight is 665 g/mol. The highest BCUT2D eigenvalue weighted by Crippen LogP contribution is 2.67. The molecule has 3 nitrogen and oxygen atoms in total. The summed E-state index contributed by atoms with van der Waals surface area (Å²) in [6.07, 6.45) is 36.9. The number of aliphatic hydroxyl groups is 1. The molecule has 0 spiro atoms. The molecule has 5 unspecified atom stereocenters. The summed E-state index contributed by atoms with van der Waals surface area (Å²) in [6, 6.07) is 0. The fourth-order valence-corrected chi connectivity index (χ4v) is 11.2. The van der Waals surface area contributed by atoms with Crippen molar-refractivity contribution < 1.29 is 14.6 Å². The van der Waals surface area contributed by atoms with Crippen LogP contribution in [-0.4, -0.2) is 23.3 Å². The molecule has 0 radical (unpaired) electrons. The minimum absolute atomic E-state index is 0.0104. The first-order chi connectivity index (χ1) is 23.1. The third kappa shape index (κ3) is 10.6. The number of rotatable bonds is 20. The van der Waals surface area contributed by atoms with Crippen molar-refractivity contribution >= 4 is 5.97 Å². The van der Waals surface area contributed by atoms with E-state index in [4.69, 9.17) is 4.74 Å². The van der Waals surface area contributed by atoms with Crippen molar-refractivity contribution in [3.8, 4) is 0 Å². The molecule has 0 aromatic rings. The van der Waals surface area contributed by atoms with Crippen LogP contribution in [0.1, 0.15) is 183 Å². The first-order valence-corrected chi connectivity index (χ1v) is 21.0.